The highest BCUT2D eigenvalue weighted by Crippen LogP contribution is 2.24. The summed E-state index contributed by atoms with van der Waals surface area (Å²) < 4.78 is 29.0. The van der Waals surface area contributed by atoms with E-state index in [4.69, 9.17) is 4.74 Å². The van der Waals surface area contributed by atoms with Crippen LogP contribution in [0.2, 0.25) is 0 Å². The lowest BCUT2D eigenvalue weighted by atomic mass is 9.98. The van der Waals surface area contributed by atoms with E-state index in [-0.39, 0.29) is 42.4 Å². The van der Waals surface area contributed by atoms with Crippen molar-refractivity contribution in [1.29, 1.82) is 0 Å². The maximum atomic E-state index is 13.0. The molecule has 1 N–H and O–H groups in total. The number of carbonyl (C=O) groups excluding carboxylic acids is 3. The molecule has 35 heavy (non-hydrogen) atoms. The standard InChI is InChI=1S/C25H27N3O6S/c1-17(24(30)26-23(18-8-4-2-5-9-18)19-10-6-3-7-11-19)34-25(31)21-12-13-22(29)28(27-21)20-14-15-35(32,33)16-20/h2-11,17,20,23H,12-16H2,1H3,(H,26,30)/t17-,20+/m0/s1. The normalized spacial score (nSPS) is 20.3. The van der Waals surface area contributed by atoms with E-state index in [1.54, 1.807) is 0 Å². The minimum atomic E-state index is -3.23. The third-order valence-electron chi connectivity index (χ3n) is 6.05. The van der Waals surface area contributed by atoms with Gasteiger partial charge < -0.3 is 10.1 Å². The average Bonchev–Trinajstić information content (AvgIpc) is 3.22. The lowest BCUT2D eigenvalue weighted by molar-refractivity contribution is -0.149. The molecule has 184 valence electrons. The Bertz CT molecular complexity index is 1190. The third-order valence-corrected chi connectivity index (χ3v) is 7.81. The van der Waals surface area contributed by atoms with Gasteiger partial charge in [-0.25, -0.2) is 18.2 Å². The van der Waals surface area contributed by atoms with Crippen molar-refractivity contribution in [1.82, 2.24) is 10.3 Å². The van der Waals surface area contributed by atoms with Gasteiger partial charge in [0.15, 0.2) is 15.9 Å². The van der Waals surface area contributed by atoms with Crippen molar-refractivity contribution < 1.29 is 27.5 Å². The Kier molecular flexibility index (Phi) is 7.30. The molecule has 0 aliphatic carbocycles. The molecule has 1 fully saturated rings. The second kappa shape index (κ2) is 10.4. The van der Waals surface area contributed by atoms with E-state index < -0.39 is 39.9 Å². The van der Waals surface area contributed by atoms with Crippen LogP contribution in [0.1, 0.15) is 43.4 Å². The fourth-order valence-electron chi connectivity index (χ4n) is 4.16. The smallest absolute Gasteiger partial charge is 0.355 e. The van der Waals surface area contributed by atoms with Crippen molar-refractivity contribution in [2.75, 3.05) is 11.5 Å². The van der Waals surface area contributed by atoms with Crippen LogP contribution >= 0.6 is 0 Å². The number of hydrogen-bond donors (Lipinski definition) is 1. The summed E-state index contributed by atoms with van der Waals surface area (Å²) in [6.07, 6.45) is -0.745. The molecule has 2 atom stereocenters. The first-order chi connectivity index (χ1) is 16.7. The maximum Gasteiger partial charge on any atom is 0.355 e. The number of hydrazone groups is 1. The molecule has 0 radical (unpaired) electrons. The van der Waals surface area contributed by atoms with Crippen molar-refractivity contribution in [2.45, 2.75) is 44.4 Å². The number of esters is 1. The van der Waals surface area contributed by atoms with Gasteiger partial charge in [-0.15, -0.1) is 0 Å². The molecule has 2 aromatic rings. The van der Waals surface area contributed by atoms with Gasteiger partial charge in [0, 0.05) is 12.8 Å². The SMILES string of the molecule is C[C@H](OC(=O)C1=NN([C@@H]2CCS(=O)(=O)C2)C(=O)CC1)C(=O)NC(c1ccccc1)c1ccccc1. The van der Waals surface area contributed by atoms with Crippen LogP contribution in [0.25, 0.3) is 0 Å². The van der Waals surface area contributed by atoms with E-state index in [0.717, 1.165) is 16.1 Å². The molecule has 2 aromatic carbocycles. The fraction of sp³-hybridized carbons (Fsp3) is 0.360. The summed E-state index contributed by atoms with van der Waals surface area (Å²) in [5.41, 5.74) is 1.75. The van der Waals surface area contributed by atoms with E-state index in [2.05, 4.69) is 10.4 Å². The Morgan fingerprint density at radius 3 is 2.17 bits per heavy atom. The molecule has 9 nitrogen and oxygen atoms in total. The summed E-state index contributed by atoms with van der Waals surface area (Å²) in [5, 5.41) is 8.14. The Labute approximate surface area is 204 Å². The number of benzene rings is 2. The van der Waals surface area contributed by atoms with Crippen molar-refractivity contribution >= 4 is 33.3 Å². The van der Waals surface area contributed by atoms with Crippen LogP contribution in [0.3, 0.4) is 0 Å². The highest BCUT2D eigenvalue weighted by atomic mass is 32.2. The molecule has 1 saturated heterocycles. The lowest BCUT2D eigenvalue weighted by Gasteiger charge is -2.27. The van der Waals surface area contributed by atoms with Gasteiger partial charge in [0.1, 0.15) is 5.71 Å². The number of amides is 2. The van der Waals surface area contributed by atoms with E-state index in [1.165, 1.54) is 6.92 Å². The zero-order valence-corrected chi connectivity index (χ0v) is 20.1. The second-order valence-electron chi connectivity index (χ2n) is 8.65. The van der Waals surface area contributed by atoms with Crippen LogP contribution in [-0.2, 0) is 29.0 Å². The summed E-state index contributed by atoms with van der Waals surface area (Å²) in [7, 11) is -3.23. The van der Waals surface area contributed by atoms with E-state index in [1.807, 2.05) is 60.7 Å². The quantitative estimate of drug-likeness (QED) is 0.584. The molecule has 2 aliphatic rings. The molecule has 10 heteroatoms. The van der Waals surface area contributed by atoms with Gasteiger partial charge >= 0.3 is 5.97 Å². The van der Waals surface area contributed by atoms with E-state index >= 15 is 0 Å². The fourth-order valence-corrected chi connectivity index (χ4v) is 5.86. The first kappa shape index (κ1) is 24.6. The third kappa shape index (κ3) is 5.94. The molecule has 0 saturated carbocycles. The van der Waals surface area contributed by atoms with Crippen LogP contribution in [0, 0.1) is 0 Å². The lowest BCUT2D eigenvalue weighted by Crippen LogP contribution is -2.43. The predicted octanol–water partition coefficient (Wildman–Crippen LogP) is 1.99. The maximum absolute atomic E-state index is 13.0. The zero-order chi connectivity index (χ0) is 25.0. The summed E-state index contributed by atoms with van der Waals surface area (Å²) in [4.78, 5) is 38.0. The van der Waals surface area contributed by atoms with Crippen LogP contribution in [0.5, 0.6) is 0 Å². The monoisotopic (exact) mass is 497 g/mol. The van der Waals surface area contributed by atoms with Crippen molar-refractivity contribution in [2.24, 2.45) is 5.10 Å². The van der Waals surface area contributed by atoms with Crippen molar-refractivity contribution in [3.63, 3.8) is 0 Å². The molecular formula is C25H27N3O6S. The van der Waals surface area contributed by atoms with Gasteiger partial charge in [-0.05, 0) is 24.5 Å². The summed E-state index contributed by atoms with van der Waals surface area (Å²) in [6, 6.07) is 17.9. The Balaban J connectivity index is 1.44. The van der Waals surface area contributed by atoms with E-state index in [9.17, 15) is 22.8 Å². The topological polar surface area (TPSA) is 122 Å². The zero-order valence-electron chi connectivity index (χ0n) is 19.3. The molecular weight excluding hydrogens is 470 g/mol. The summed E-state index contributed by atoms with van der Waals surface area (Å²) >= 11 is 0. The first-order valence-electron chi connectivity index (χ1n) is 11.4. The Morgan fingerprint density at radius 2 is 1.63 bits per heavy atom. The molecule has 2 aliphatic heterocycles. The second-order valence-corrected chi connectivity index (χ2v) is 10.9. The van der Waals surface area contributed by atoms with Gasteiger partial charge in [0.25, 0.3) is 5.91 Å². The minimum Gasteiger partial charge on any atom is -0.448 e. The van der Waals surface area contributed by atoms with Crippen LogP contribution in [0.4, 0.5) is 0 Å². The van der Waals surface area contributed by atoms with Gasteiger partial charge in [-0.3, -0.25) is 9.59 Å². The first-order valence-corrected chi connectivity index (χ1v) is 13.3. The minimum absolute atomic E-state index is 0.00350. The number of rotatable bonds is 7. The molecule has 0 aromatic heterocycles. The summed E-state index contributed by atoms with van der Waals surface area (Å²) in [5.74, 6) is -1.81. The molecule has 0 unspecified atom stereocenters. The van der Waals surface area contributed by atoms with E-state index in [0.29, 0.717) is 0 Å². The number of nitrogens with one attached hydrogen (secondary N) is 1. The van der Waals surface area contributed by atoms with Crippen molar-refractivity contribution in [3.8, 4) is 0 Å². The number of ether oxygens (including phenoxy) is 1. The largest absolute Gasteiger partial charge is 0.448 e. The molecule has 0 bridgehead atoms. The molecule has 4 rings (SSSR count). The van der Waals surface area contributed by atoms with Crippen LogP contribution in [0.15, 0.2) is 65.8 Å². The Hall–Kier alpha value is -3.53. The molecule has 0 spiro atoms. The average molecular weight is 498 g/mol. The highest BCUT2D eigenvalue weighted by Gasteiger charge is 2.38. The van der Waals surface area contributed by atoms with Gasteiger partial charge in [0.2, 0.25) is 5.91 Å². The number of carbonyl (C=O) groups is 3. The number of nitrogens with zero attached hydrogens (tertiary/aromatic N) is 2. The Morgan fingerprint density at radius 1 is 1.03 bits per heavy atom. The van der Waals surface area contributed by atoms with Gasteiger partial charge in [-0.2, -0.15) is 5.10 Å². The van der Waals surface area contributed by atoms with Crippen LogP contribution < -0.4 is 5.32 Å². The number of hydrogen-bond acceptors (Lipinski definition) is 7. The molecule has 2 heterocycles. The van der Waals surface area contributed by atoms with Gasteiger partial charge in [-0.1, -0.05) is 60.7 Å². The van der Waals surface area contributed by atoms with Gasteiger partial charge in [0.05, 0.1) is 23.6 Å². The predicted molar refractivity (Wildman–Crippen MR) is 129 cm³/mol. The molecule has 2 amide bonds. The van der Waals surface area contributed by atoms with Crippen LogP contribution in [-0.4, -0.2) is 60.6 Å². The number of sulfone groups is 1. The highest BCUT2D eigenvalue weighted by molar-refractivity contribution is 7.91. The summed E-state index contributed by atoms with van der Waals surface area (Å²) in [6.45, 7) is 1.47. The van der Waals surface area contributed by atoms with Crippen molar-refractivity contribution in [3.05, 3.63) is 71.8 Å².